The molecule has 0 saturated carbocycles. The molecule has 2 aromatic rings. The van der Waals surface area contributed by atoms with Crippen LogP contribution in [-0.2, 0) is 20.8 Å². The van der Waals surface area contributed by atoms with E-state index in [1.807, 2.05) is 36.4 Å². The van der Waals surface area contributed by atoms with E-state index in [9.17, 15) is 14.4 Å². The highest BCUT2D eigenvalue weighted by Gasteiger charge is 2.09. The van der Waals surface area contributed by atoms with Crippen LogP contribution in [-0.4, -0.2) is 22.8 Å². The van der Waals surface area contributed by atoms with Gasteiger partial charge in [0, 0.05) is 18.5 Å². The van der Waals surface area contributed by atoms with E-state index in [0.717, 1.165) is 5.56 Å². The summed E-state index contributed by atoms with van der Waals surface area (Å²) in [5, 5.41) is 5.14. The molecule has 140 valence electrons. The molecule has 0 atom stereocenters. The van der Waals surface area contributed by atoms with Crippen LogP contribution >= 0.6 is 12.2 Å². The number of anilines is 1. The number of hydrazine groups is 1. The molecule has 0 aliphatic heterocycles. The normalized spacial score (nSPS) is 9.78. The van der Waals surface area contributed by atoms with E-state index in [4.69, 9.17) is 12.2 Å². The Kier molecular flexibility index (Phi) is 7.92. The van der Waals surface area contributed by atoms with E-state index in [2.05, 4.69) is 21.5 Å². The lowest BCUT2D eigenvalue weighted by Crippen LogP contribution is -2.48. The van der Waals surface area contributed by atoms with Gasteiger partial charge in [-0.05, 0) is 29.9 Å². The van der Waals surface area contributed by atoms with Crippen molar-refractivity contribution in [3.05, 3.63) is 66.2 Å². The lowest BCUT2D eigenvalue weighted by atomic mass is 10.1. The van der Waals surface area contributed by atoms with Gasteiger partial charge in [-0.2, -0.15) is 0 Å². The zero-order valence-corrected chi connectivity index (χ0v) is 15.3. The summed E-state index contributed by atoms with van der Waals surface area (Å²) in [5.74, 6) is -0.983. The molecule has 8 heteroatoms. The molecule has 0 fully saturated rings. The zero-order valence-electron chi connectivity index (χ0n) is 14.5. The first-order valence-electron chi connectivity index (χ1n) is 8.30. The van der Waals surface area contributed by atoms with Gasteiger partial charge in [0.25, 0.3) is 0 Å². The zero-order chi connectivity index (χ0) is 19.5. The summed E-state index contributed by atoms with van der Waals surface area (Å²) in [6, 6.07) is 18.2. The Balaban J connectivity index is 1.62. The molecule has 0 aliphatic rings. The van der Waals surface area contributed by atoms with E-state index in [1.54, 1.807) is 24.3 Å². The van der Waals surface area contributed by atoms with Crippen molar-refractivity contribution in [2.24, 2.45) is 0 Å². The number of rotatable bonds is 6. The highest BCUT2D eigenvalue weighted by atomic mass is 32.1. The summed E-state index contributed by atoms with van der Waals surface area (Å²) < 4.78 is 0. The summed E-state index contributed by atoms with van der Waals surface area (Å²) in [7, 11) is 0. The molecule has 0 unspecified atom stereocenters. The third-order valence-electron chi connectivity index (χ3n) is 3.41. The van der Waals surface area contributed by atoms with Gasteiger partial charge < -0.3 is 10.6 Å². The summed E-state index contributed by atoms with van der Waals surface area (Å²) in [6.07, 6.45) is 0.179. The van der Waals surface area contributed by atoms with Crippen LogP contribution in [0.4, 0.5) is 5.69 Å². The number of hydrogen-bond donors (Lipinski definition) is 4. The number of carbonyl (C=O) groups is 3. The van der Waals surface area contributed by atoms with Crippen LogP contribution in [0.15, 0.2) is 60.7 Å². The van der Waals surface area contributed by atoms with E-state index < -0.39 is 5.91 Å². The number of benzene rings is 2. The Morgan fingerprint density at radius 2 is 1.33 bits per heavy atom. The van der Waals surface area contributed by atoms with Gasteiger partial charge in [-0.25, -0.2) is 0 Å². The van der Waals surface area contributed by atoms with Gasteiger partial charge in [-0.3, -0.25) is 25.2 Å². The first-order chi connectivity index (χ1) is 13.0. The van der Waals surface area contributed by atoms with Gasteiger partial charge in [0.2, 0.25) is 17.7 Å². The molecule has 3 amide bonds. The van der Waals surface area contributed by atoms with Crippen molar-refractivity contribution < 1.29 is 14.4 Å². The molecule has 0 bridgehead atoms. The number of thiocarbonyl (C=S) groups is 1. The maximum atomic E-state index is 11.9. The molecule has 2 rings (SSSR count). The number of nitrogens with one attached hydrogen (secondary N) is 4. The van der Waals surface area contributed by atoms with Crippen LogP contribution < -0.4 is 21.5 Å². The molecule has 7 nitrogen and oxygen atoms in total. The molecule has 0 heterocycles. The van der Waals surface area contributed by atoms with E-state index in [0.29, 0.717) is 5.69 Å². The van der Waals surface area contributed by atoms with Crippen LogP contribution in [0, 0.1) is 0 Å². The van der Waals surface area contributed by atoms with Crippen molar-refractivity contribution >= 4 is 40.7 Å². The Bertz CT molecular complexity index is 797. The van der Waals surface area contributed by atoms with Crippen molar-refractivity contribution in [3.8, 4) is 0 Å². The number of amides is 3. The molecule has 27 heavy (non-hydrogen) atoms. The second-order valence-electron chi connectivity index (χ2n) is 5.63. The van der Waals surface area contributed by atoms with Gasteiger partial charge in [-0.1, -0.05) is 48.5 Å². The van der Waals surface area contributed by atoms with Crippen molar-refractivity contribution in [1.82, 2.24) is 16.2 Å². The summed E-state index contributed by atoms with van der Waals surface area (Å²) in [5.41, 5.74) is 6.31. The quantitative estimate of drug-likeness (QED) is 0.449. The van der Waals surface area contributed by atoms with Crippen molar-refractivity contribution in [1.29, 1.82) is 0 Å². The molecule has 0 radical (unpaired) electrons. The predicted molar refractivity (Wildman–Crippen MR) is 106 cm³/mol. The third kappa shape index (κ3) is 8.10. The first-order valence-corrected chi connectivity index (χ1v) is 8.71. The van der Waals surface area contributed by atoms with Crippen LogP contribution in [0.2, 0.25) is 0 Å². The van der Waals surface area contributed by atoms with Crippen LogP contribution in [0.3, 0.4) is 0 Å². The lowest BCUT2D eigenvalue weighted by Gasteiger charge is -2.11. The maximum Gasteiger partial charge on any atom is 0.238 e. The average molecular weight is 384 g/mol. The van der Waals surface area contributed by atoms with Crippen molar-refractivity contribution in [2.45, 2.75) is 19.3 Å². The molecular formula is C19H20N4O3S. The Hall–Kier alpha value is -3.26. The third-order valence-corrected chi connectivity index (χ3v) is 3.62. The molecule has 0 spiro atoms. The molecule has 0 aromatic heterocycles. The van der Waals surface area contributed by atoms with Crippen molar-refractivity contribution in [3.63, 3.8) is 0 Å². The molecular weight excluding hydrogens is 364 g/mol. The van der Waals surface area contributed by atoms with Crippen molar-refractivity contribution in [2.75, 3.05) is 5.32 Å². The first kappa shape index (κ1) is 20.1. The van der Waals surface area contributed by atoms with Crippen LogP contribution in [0.25, 0.3) is 0 Å². The summed E-state index contributed by atoms with van der Waals surface area (Å²) in [4.78, 5) is 35.4. The van der Waals surface area contributed by atoms with Crippen LogP contribution in [0.5, 0.6) is 0 Å². The van der Waals surface area contributed by atoms with Gasteiger partial charge in [0.15, 0.2) is 5.11 Å². The monoisotopic (exact) mass is 384 g/mol. The topological polar surface area (TPSA) is 99.3 Å². The summed E-state index contributed by atoms with van der Waals surface area (Å²) in [6.45, 7) is 0. The minimum absolute atomic E-state index is 0.0157. The minimum Gasteiger partial charge on any atom is -0.326 e. The second kappa shape index (κ2) is 10.7. The second-order valence-corrected chi connectivity index (χ2v) is 6.04. The number of hydrogen-bond acceptors (Lipinski definition) is 4. The molecule has 0 saturated heterocycles. The largest absolute Gasteiger partial charge is 0.326 e. The fourth-order valence-electron chi connectivity index (χ4n) is 2.14. The SMILES string of the molecule is O=C(CCC(=O)Nc1ccccc1)NNC(=S)NC(=O)Cc1ccccc1. The van der Waals surface area contributed by atoms with Gasteiger partial charge in [0.1, 0.15) is 0 Å². The van der Waals surface area contributed by atoms with Gasteiger partial charge in [-0.15, -0.1) is 0 Å². The smallest absolute Gasteiger partial charge is 0.238 e. The minimum atomic E-state index is -0.419. The lowest BCUT2D eigenvalue weighted by molar-refractivity contribution is -0.124. The van der Waals surface area contributed by atoms with E-state index in [-0.39, 0.29) is 36.2 Å². The van der Waals surface area contributed by atoms with E-state index in [1.165, 1.54) is 0 Å². The fourth-order valence-corrected chi connectivity index (χ4v) is 2.31. The maximum absolute atomic E-state index is 11.9. The summed E-state index contributed by atoms with van der Waals surface area (Å²) >= 11 is 4.95. The fraction of sp³-hybridized carbons (Fsp3) is 0.158. The average Bonchev–Trinajstić information content (AvgIpc) is 2.66. The van der Waals surface area contributed by atoms with E-state index >= 15 is 0 Å². The number of carbonyl (C=O) groups excluding carboxylic acids is 3. The molecule has 4 N–H and O–H groups in total. The van der Waals surface area contributed by atoms with Gasteiger partial charge >= 0.3 is 0 Å². The molecule has 2 aromatic carbocycles. The molecule has 0 aliphatic carbocycles. The Labute approximate surface area is 162 Å². The van der Waals surface area contributed by atoms with Gasteiger partial charge in [0.05, 0.1) is 6.42 Å². The highest BCUT2D eigenvalue weighted by Crippen LogP contribution is 2.05. The standard InChI is InChI=1S/C19H20N4O3S/c24-16(20-15-9-5-2-6-10-15)11-12-17(25)22-23-19(27)21-18(26)13-14-7-3-1-4-8-14/h1-10H,11-13H2,(H,20,24)(H,22,25)(H2,21,23,26,27). The van der Waals surface area contributed by atoms with Crippen LogP contribution in [0.1, 0.15) is 18.4 Å². The Morgan fingerprint density at radius 1 is 0.741 bits per heavy atom. The Morgan fingerprint density at radius 3 is 2.00 bits per heavy atom. The number of para-hydroxylation sites is 1. The predicted octanol–water partition coefficient (Wildman–Crippen LogP) is 1.67. The highest BCUT2D eigenvalue weighted by molar-refractivity contribution is 7.80.